The molecule has 1 aliphatic carbocycles. The smallest absolute Gasteiger partial charge is 0.246 e. The number of halogens is 2. The zero-order chi connectivity index (χ0) is 24.9. The fourth-order valence-electron chi connectivity index (χ4n) is 6.26. The summed E-state index contributed by atoms with van der Waals surface area (Å²) < 4.78 is 6.37. The van der Waals surface area contributed by atoms with Crippen molar-refractivity contribution < 1.29 is 19.1 Å². The maximum absolute atomic E-state index is 13.9. The van der Waals surface area contributed by atoms with Crippen molar-refractivity contribution >= 4 is 46.6 Å². The number of anilines is 1. The van der Waals surface area contributed by atoms with E-state index in [0.29, 0.717) is 22.2 Å². The summed E-state index contributed by atoms with van der Waals surface area (Å²) in [5.74, 6) is -2.29. The van der Waals surface area contributed by atoms with Gasteiger partial charge in [-0.1, -0.05) is 61.5 Å². The van der Waals surface area contributed by atoms with Crippen LogP contribution in [0.5, 0.6) is 0 Å². The van der Waals surface area contributed by atoms with Crippen molar-refractivity contribution in [2.45, 2.75) is 82.2 Å². The Bertz CT molecular complexity index is 1050. The van der Waals surface area contributed by atoms with Crippen LogP contribution in [0.15, 0.2) is 30.4 Å². The molecule has 1 aromatic carbocycles. The zero-order valence-corrected chi connectivity index (χ0v) is 21.4. The minimum absolute atomic E-state index is 0.106. The summed E-state index contributed by atoms with van der Waals surface area (Å²) in [5.41, 5.74) is -0.707. The van der Waals surface area contributed by atoms with Gasteiger partial charge in [0.25, 0.3) is 0 Å². The largest absolute Gasteiger partial charge is 0.359 e. The molecule has 2 bridgehead atoms. The van der Waals surface area contributed by atoms with E-state index in [1.807, 2.05) is 26.0 Å². The predicted molar refractivity (Wildman–Crippen MR) is 134 cm³/mol. The summed E-state index contributed by atoms with van der Waals surface area (Å²) in [7, 11) is 0. The first-order valence-corrected chi connectivity index (χ1v) is 13.3. The van der Waals surface area contributed by atoms with E-state index in [2.05, 4.69) is 10.6 Å². The molecule has 1 saturated carbocycles. The molecule has 2 N–H and O–H groups in total. The maximum Gasteiger partial charge on any atom is 0.246 e. The quantitative estimate of drug-likeness (QED) is 0.547. The Morgan fingerprint density at radius 3 is 2.49 bits per heavy atom. The first-order valence-electron chi connectivity index (χ1n) is 12.5. The van der Waals surface area contributed by atoms with E-state index in [4.69, 9.17) is 27.9 Å². The number of likely N-dealkylation sites (tertiary alicyclic amines) is 1. The highest BCUT2D eigenvalue weighted by Gasteiger charge is 2.73. The minimum Gasteiger partial charge on any atom is -0.359 e. The van der Waals surface area contributed by atoms with Gasteiger partial charge in [-0.2, -0.15) is 0 Å². The molecule has 0 aromatic heterocycles. The monoisotopic (exact) mass is 519 g/mol. The van der Waals surface area contributed by atoms with Crippen LogP contribution in [0.2, 0.25) is 10.0 Å². The van der Waals surface area contributed by atoms with E-state index in [1.165, 1.54) is 6.42 Å². The molecule has 1 aromatic rings. The number of carbonyl (C=O) groups excluding carboxylic acids is 3. The molecule has 188 valence electrons. The normalized spacial score (nSPS) is 32.6. The second-order valence-electron chi connectivity index (χ2n) is 10.2. The second kappa shape index (κ2) is 9.41. The van der Waals surface area contributed by atoms with Crippen LogP contribution >= 0.6 is 23.2 Å². The Morgan fingerprint density at radius 2 is 1.83 bits per heavy atom. The van der Waals surface area contributed by atoms with Gasteiger partial charge in [-0.15, -0.1) is 0 Å². The lowest BCUT2D eigenvalue weighted by atomic mass is 9.74. The van der Waals surface area contributed by atoms with Gasteiger partial charge >= 0.3 is 0 Å². The van der Waals surface area contributed by atoms with Gasteiger partial charge in [0.05, 0.1) is 17.9 Å². The topological polar surface area (TPSA) is 87.7 Å². The molecule has 0 radical (unpaired) electrons. The number of hydrogen-bond acceptors (Lipinski definition) is 4. The lowest BCUT2D eigenvalue weighted by Crippen LogP contribution is -2.58. The van der Waals surface area contributed by atoms with Gasteiger partial charge in [0.1, 0.15) is 11.6 Å². The molecule has 2 saturated heterocycles. The molecule has 3 heterocycles. The number of benzene rings is 1. The summed E-state index contributed by atoms with van der Waals surface area (Å²) >= 11 is 12.2. The van der Waals surface area contributed by atoms with Gasteiger partial charge in [-0.3, -0.25) is 14.4 Å². The summed E-state index contributed by atoms with van der Waals surface area (Å²) in [6.07, 6.45) is 9.01. The third-order valence-electron chi connectivity index (χ3n) is 8.01. The van der Waals surface area contributed by atoms with Crippen molar-refractivity contribution in [2.24, 2.45) is 11.8 Å². The number of carbonyl (C=O) groups is 3. The van der Waals surface area contributed by atoms with Gasteiger partial charge in [-0.05, 0) is 44.4 Å². The molecule has 3 amide bonds. The van der Waals surface area contributed by atoms with Gasteiger partial charge in [0, 0.05) is 27.8 Å². The highest BCUT2D eigenvalue weighted by Crippen LogP contribution is 2.55. The third-order valence-corrected chi connectivity index (χ3v) is 8.45. The summed E-state index contributed by atoms with van der Waals surface area (Å²) in [6.45, 7) is 3.93. The molecule has 0 unspecified atom stereocenters. The first kappa shape index (κ1) is 24.6. The van der Waals surface area contributed by atoms with Crippen LogP contribution in [0.1, 0.15) is 52.4 Å². The van der Waals surface area contributed by atoms with Crippen LogP contribution in [-0.4, -0.2) is 52.5 Å². The molecule has 7 nitrogen and oxygen atoms in total. The van der Waals surface area contributed by atoms with E-state index in [1.54, 1.807) is 23.1 Å². The Kier molecular flexibility index (Phi) is 6.62. The fraction of sp³-hybridized carbons (Fsp3) is 0.577. The first-order chi connectivity index (χ1) is 16.7. The lowest BCUT2D eigenvalue weighted by Gasteiger charge is -2.36. The van der Waals surface area contributed by atoms with E-state index < -0.39 is 29.6 Å². The SMILES string of the molecule is CC[C@H](C)N1C(=O)[C@@H]2[C@H](C(=O)Nc3cc(Cl)cc(Cl)c3)[C@@H]3C=C[C@@]2(O3)[C@@H]1C(=O)NC1CCCCC1. The van der Waals surface area contributed by atoms with Crippen molar-refractivity contribution in [1.29, 1.82) is 0 Å². The van der Waals surface area contributed by atoms with E-state index >= 15 is 0 Å². The summed E-state index contributed by atoms with van der Waals surface area (Å²) in [6, 6.07) is 3.92. The maximum atomic E-state index is 13.9. The van der Waals surface area contributed by atoms with Crippen molar-refractivity contribution in [1.82, 2.24) is 10.2 Å². The fourth-order valence-corrected chi connectivity index (χ4v) is 6.78. The van der Waals surface area contributed by atoms with Gasteiger partial charge in [-0.25, -0.2) is 0 Å². The minimum atomic E-state index is -1.15. The van der Waals surface area contributed by atoms with Crippen molar-refractivity contribution in [3.63, 3.8) is 0 Å². The van der Waals surface area contributed by atoms with Crippen LogP contribution in [-0.2, 0) is 19.1 Å². The highest BCUT2D eigenvalue weighted by atomic mass is 35.5. The Labute approximate surface area is 215 Å². The molecule has 5 rings (SSSR count). The van der Waals surface area contributed by atoms with E-state index in [9.17, 15) is 14.4 Å². The predicted octanol–water partition coefficient (Wildman–Crippen LogP) is 4.33. The third kappa shape index (κ3) is 4.15. The average molecular weight is 520 g/mol. The van der Waals surface area contributed by atoms with Crippen molar-refractivity contribution in [3.8, 4) is 0 Å². The van der Waals surface area contributed by atoms with Gasteiger partial charge < -0.3 is 20.3 Å². The van der Waals surface area contributed by atoms with Crippen LogP contribution in [0.4, 0.5) is 5.69 Å². The standard InChI is InChI=1S/C26H31Cl2N3O4/c1-3-14(2)31-22(24(33)29-17-7-5-4-6-8-17)26-10-9-19(35-26)20(21(26)25(31)34)23(32)30-18-12-15(27)11-16(28)13-18/h9-14,17,19-22H,3-8H2,1-2H3,(H,29,33)(H,30,32)/t14-,19-,20+,21-,22-,26-/m0/s1. The average Bonchev–Trinajstić information content (AvgIpc) is 3.45. The number of fused-ring (bicyclic) bond motifs is 1. The Balaban J connectivity index is 1.45. The number of nitrogens with zero attached hydrogens (tertiary/aromatic N) is 1. The Hall–Kier alpha value is -2.09. The molecule has 1 spiro atoms. The molecule has 4 aliphatic rings. The van der Waals surface area contributed by atoms with Crippen molar-refractivity contribution in [2.75, 3.05) is 5.32 Å². The molecule has 35 heavy (non-hydrogen) atoms. The van der Waals surface area contributed by atoms with Crippen LogP contribution < -0.4 is 10.6 Å². The number of rotatable bonds is 6. The number of ether oxygens (including phenoxy) is 1. The second-order valence-corrected chi connectivity index (χ2v) is 11.1. The molecule has 9 heteroatoms. The number of hydrogen-bond donors (Lipinski definition) is 2. The van der Waals surface area contributed by atoms with Crippen LogP contribution in [0.25, 0.3) is 0 Å². The van der Waals surface area contributed by atoms with Gasteiger partial charge in [0.2, 0.25) is 17.7 Å². The highest BCUT2D eigenvalue weighted by molar-refractivity contribution is 6.35. The van der Waals surface area contributed by atoms with Crippen LogP contribution in [0.3, 0.4) is 0 Å². The Morgan fingerprint density at radius 1 is 1.14 bits per heavy atom. The molecular weight excluding hydrogens is 489 g/mol. The molecule has 6 atom stereocenters. The zero-order valence-electron chi connectivity index (χ0n) is 19.9. The molecular formula is C26H31Cl2N3O4. The number of amides is 3. The van der Waals surface area contributed by atoms with Crippen molar-refractivity contribution in [3.05, 3.63) is 40.4 Å². The molecule has 3 fully saturated rings. The summed E-state index contributed by atoms with van der Waals surface area (Å²) in [5, 5.41) is 6.85. The van der Waals surface area contributed by atoms with Crippen LogP contribution in [0, 0.1) is 11.8 Å². The lowest BCUT2D eigenvalue weighted by molar-refractivity contribution is -0.143. The van der Waals surface area contributed by atoms with E-state index in [0.717, 1.165) is 25.7 Å². The summed E-state index contributed by atoms with van der Waals surface area (Å²) in [4.78, 5) is 42.7. The van der Waals surface area contributed by atoms with Gasteiger partial charge in [0.15, 0.2) is 0 Å². The molecule has 3 aliphatic heterocycles. The van der Waals surface area contributed by atoms with E-state index in [-0.39, 0.29) is 29.8 Å². The number of nitrogens with one attached hydrogen (secondary N) is 2.